The van der Waals surface area contributed by atoms with Crippen LogP contribution in [0, 0.1) is 11.6 Å². The van der Waals surface area contributed by atoms with Crippen molar-refractivity contribution < 1.29 is 17.9 Å². The number of ether oxygens (including phenoxy) is 1. The van der Waals surface area contributed by atoms with E-state index in [1.54, 1.807) is 24.3 Å². The average Bonchev–Trinajstić information content (AvgIpc) is 2.87. The number of piperidine rings is 1. The molecule has 0 saturated carbocycles. The molecule has 0 radical (unpaired) electrons. The maximum atomic E-state index is 15.0. The van der Waals surface area contributed by atoms with Gasteiger partial charge in [-0.25, -0.2) is 18.2 Å². The minimum Gasteiger partial charge on any atom is -0.486 e. The first-order valence-corrected chi connectivity index (χ1v) is 12.3. The van der Waals surface area contributed by atoms with Crippen molar-refractivity contribution in [3.05, 3.63) is 78.2 Å². The van der Waals surface area contributed by atoms with Crippen molar-refractivity contribution in [2.45, 2.75) is 18.8 Å². The van der Waals surface area contributed by atoms with Crippen LogP contribution in [0.15, 0.2) is 65.4 Å². The maximum Gasteiger partial charge on any atom is 0.222 e. The first-order valence-electron chi connectivity index (χ1n) is 12.3. The molecule has 0 aromatic heterocycles. The Hall–Kier alpha value is -3.59. The number of hydrogen-bond acceptors (Lipinski definition) is 4. The summed E-state index contributed by atoms with van der Waals surface area (Å²) in [7, 11) is 3.54. The molecule has 0 unspecified atom stereocenters. The van der Waals surface area contributed by atoms with Crippen LogP contribution in [0.2, 0.25) is 0 Å². The number of rotatable bonds is 6. The van der Waals surface area contributed by atoms with Gasteiger partial charge in [0.2, 0.25) is 5.96 Å². The van der Waals surface area contributed by atoms with Crippen LogP contribution in [0.4, 0.5) is 24.5 Å². The van der Waals surface area contributed by atoms with Gasteiger partial charge in [-0.3, -0.25) is 4.99 Å². The number of likely N-dealkylation sites (tertiary alicyclic amines) is 1. The molecule has 2 aliphatic rings. The topological polar surface area (TPSA) is 52.5 Å². The Morgan fingerprint density at radius 3 is 2.57 bits per heavy atom. The van der Waals surface area contributed by atoms with Gasteiger partial charge in [-0.1, -0.05) is 18.7 Å². The zero-order valence-corrected chi connectivity index (χ0v) is 21.2. The highest BCUT2D eigenvalue weighted by molar-refractivity contribution is 6.17. The summed E-state index contributed by atoms with van der Waals surface area (Å²) < 4.78 is 50.0. The van der Waals surface area contributed by atoms with Gasteiger partial charge < -0.3 is 19.9 Å². The van der Waals surface area contributed by atoms with Gasteiger partial charge in [0, 0.05) is 24.8 Å². The molecule has 2 heterocycles. The summed E-state index contributed by atoms with van der Waals surface area (Å²) in [6.45, 7) is 10.3. The van der Waals surface area contributed by atoms with Gasteiger partial charge in [0.25, 0.3) is 0 Å². The van der Waals surface area contributed by atoms with Gasteiger partial charge >= 0.3 is 0 Å². The Labute approximate surface area is 215 Å². The summed E-state index contributed by atoms with van der Waals surface area (Å²) in [6.07, 6.45) is 3.51. The maximum absolute atomic E-state index is 15.0. The smallest absolute Gasteiger partial charge is 0.222 e. The normalized spacial score (nSPS) is 17.3. The Kier molecular flexibility index (Phi) is 8.33. The lowest BCUT2D eigenvalue weighted by Gasteiger charge is -2.31. The number of nitrogens with zero attached hydrogens (tertiary/aromatic N) is 4. The fourth-order valence-corrected chi connectivity index (χ4v) is 4.72. The van der Waals surface area contributed by atoms with E-state index < -0.39 is 11.6 Å². The van der Waals surface area contributed by atoms with Crippen molar-refractivity contribution in [2.24, 2.45) is 9.98 Å². The second-order valence-corrected chi connectivity index (χ2v) is 9.24. The van der Waals surface area contributed by atoms with Crippen molar-refractivity contribution in [2.75, 3.05) is 57.1 Å². The fourth-order valence-electron chi connectivity index (χ4n) is 4.72. The number of benzene rings is 2. The highest BCUT2D eigenvalue weighted by atomic mass is 19.1. The minimum absolute atomic E-state index is 0.0255. The fraction of sp³-hybridized carbons (Fsp3) is 0.357. The SMILES string of the molecule is C=CCN1CCOc2c(F)cc(/C(=N/C(=N\C)Nc3ccc(C4CCN(C)CC4)c(F)c3)C(=C)F)cc21. The molecule has 2 aliphatic heterocycles. The van der Waals surface area contributed by atoms with Crippen LogP contribution in [0.3, 0.4) is 0 Å². The van der Waals surface area contributed by atoms with E-state index in [0.717, 1.165) is 32.0 Å². The zero-order valence-electron chi connectivity index (χ0n) is 21.2. The van der Waals surface area contributed by atoms with E-state index in [1.807, 2.05) is 4.90 Å². The summed E-state index contributed by atoms with van der Waals surface area (Å²) >= 11 is 0. The molecule has 0 atom stereocenters. The molecule has 1 fully saturated rings. The molecule has 37 heavy (non-hydrogen) atoms. The quantitative estimate of drug-likeness (QED) is 0.315. The summed E-state index contributed by atoms with van der Waals surface area (Å²) in [5, 5.41) is 2.93. The van der Waals surface area contributed by atoms with Gasteiger partial charge in [-0.05, 0) is 68.7 Å². The molecule has 4 rings (SSSR count). The third-order valence-electron chi connectivity index (χ3n) is 6.70. The summed E-state index contributed by atoms with van der Waals surface area (Å²) in [5.41, 5.74) is 1.57. The van der Waals surface area contributed by atoms with E-state index >= 15 is 0 Å². The van der Waals surface area contributed by atoms with Crippen molar-refractivity contribution in [1.29, 1.82) is 0 Å². The molecule has 1 N–H and O–H groups in total. The van der Waals surface area contributed by atoms with Crippen LogP contribution in [0.5, 0.6) is 5.75 Å². The highest BCUT2D eigenvalue weighted by Gasteiger charge is 2.25. The van der Waals surface area contributed by atoms with E-state index in [4.69, 9.17) is 4.74 Å². The Bertz CT molecular complexity index is 1230. The molecule has 6 nitrogen and oxygen atoms in total. The third-order valence-corrected chi connectivity index (χ3v) is 6.70. The van der Waals surface area contributed by atoms with Gasteiger partial charge in [-0.15, -0.1) is 6.58 Å². The number of aliphatic imine (C=N–C) groups is 2. The van der Waals surface area contributed by atoms with Crippen molar-refractivity contribution in [3.8, 4) is 5.75 Å². The van der Waals surface area contributed by atoms with Crippen molar-refractivity contribution in [3.63, 3.8) is 0 Å². The predicted octanol–water partition coefficient (Wildman–Crippen LogP) is 5.53. The van der Waals surface area contributed by atoms with E-state index in [-0.39, 0.29) is 34.7 Å². The number of anilines is 2. The van der Waals surface area contributed by atoms with Crippen LogP contribution in [-0.4, -0.2) is 63.5 Å². The standard InChI is InChI=1S/C28H32F3N5O/c1-5-10-36-13-14-37-27-24(31)15-20(16-25(27)36)26(18(2)29)34-28(32-3)33-21-6-7-22(23(30)17-21)19-8-11-35(4)12-9-19/h5-7,15-17,19H,1-2,8-14H2,3-4H3,(H,32,33)/b34-26+. The lowest BCUT2D eigenvalue weighted by Crippen LogP contribution is -2.33. The second-order valence-electron chi connectivity index (χ2n) is 9.24. The minimum atomic E-state index is -0.863. The molecule has 1 saturated heterocycles. The molecule has 2 aromatic carbocycles. The van der Waals surface area contributed by atoms with E-state index in [0.29, 0.717) is 36.6 Å². The Morgan fingerprint density at radius 1 is 1.16 bits per heavy atom. The summed E-state index contributed by atoms with van der Waals surface area (Å²) in [6, 6.07) is 7.68. The second kappa shape index (κ2) is 11.6. The van der Waals surface area contributed by atoms with Crippen LogP contribution in [0.25, 0.3) is 0 Å². The number of allylic oxidation sites excluding steroid dienone is 1. The van der Waals surface area contributed by atoms with Crippen molar-refractivity contribution >= 4 is 23.0 Å². The lowest BCUT2D eigenvalue weighted by atomic mass is 9.89. The molecule has 0 bridgehead atoms. The number of halogens is 3. The van der Waals surface area contributed by atoms with E-state index in [1.165, 1.54) is 13.1 Å². The predicted molar refractivity (Wildman–Crippen MR) is 144 cm³/mol. The summed E-state index contributed by atoms with van der Waals surface area (Å²) in [5.74, 6) is -1.51. The van der Waals surface area contributed by atoms with Crippen LogP contribution in [-0.2, 0) is 0 Å². The molecule has 0 spiro atoms. The van der Waals surface area contributed by atoms with Gasteiger partial charge in [0.15, 0.2) is 11.6 Å². The Morgan fingerprint density at radius 2 is 1.92 bits per heavy atom. The molecule has 9 heteroatoms. The van der Waals surface area contributed by atoms with Gasteiger partial charge in [-0.2, -0.15) is 0 Å². The van der Waals surface area contributed by atoms with Crippen LogP contribution < -0.4 is 15.0 Å². The number of hydrogen-bond donors (Lipinski definition) is 1. The zero-order chi connectivity index (χ0) is 26.5. The first-order chi connectivity index (χ1) is 17.8. The molecular formula is C28H32F3N5O. The molecule has 0 amide bonds. The van der Waals surface area contributed by atoms with Gasteiger partial charge in [0.1, 0.15) is 24.0 Å². The van der Waals surface area contributed by atoms with Crippen LogP contribution in [0.1, 0.15) is 29.9 Å². The lowest BCUT2D eigenvalue weighted by molar-refractivity contribution is 0.253. The van der Waals surface area contributed by atoms with Crippen molar-refractivity contribution in [1.82, 2.24) is 4.90 Å². The molecule has 2 aromatic rings. The number of fused-ring (bicyclic) bond motifs is 1. The van der Waals surface area contributed by atoms with E-state index in [9.17, 15) is 13.2 Å². The van der Waals surface area contributed by atoms with Gasteiger partial charge in [0.05, 0.1) is 12.2 Å². The third kappa shape index (κ3) is 6.05. The van der Waals surface area contributed by atoms with Crippen LogP contribution >= 0.6 is 0 Å². The van der Waals surface area contributed by atoms with E-state index in [2.05, 4.69) is 40.4 Å². The number of guanidine groups is 1. The molecule has 0 aliphatic carbocycles. The first kappa shape index (κ1) is 26.5. The average molecular weight is 512 g/mol. The highest BCUT2D eigenvalue weighted by Crippen LogP contribution is 2.36. The molecule has 196 valence electrons. The number of nitrogens with one attached hydrogen (secondary N) is 1. The molecular weight excluding hydrogens is 479 g/mol. The largest absolute Gasteiger partial charge is 0.486 e. The Balaban J connectivity index is 1.60. The summed E-state index contributed by atoms with van der Waals surface area (Å²) in [4.78, 5) is 12.5. The monoisotopic (exact) mass is 511 g/mol.